The Labute approximate surface area is 115 Å². The molecule has 0 amide bonds. The van der Waals surface area contributed by atoms with Crippen molar-refractivity contribution in [3.05, 3.63) is 36.2 Å². The van der Waals surface area contributed by atoms with Crippen molar-refractivity contribution in [3.63, 3.8) is 0 Å². The van der Waals surface area contributed by atoms with Crippen LogP contribution in [-0.4, -0.2) is 16.0 Å². The molecule has 1 aromatic carbocycles. The van der Waals surface area contributed by atoms with E-state index in [1.807, 2.05) is 13.8 Å². The Bertz CT molecular complexity index is 616. The highest BCUT2D eigenvalue weighted by Crippen LogP contribution is 2.27. The first-order valence-electron chi connectivity index (χ1n) is 6.06. The van der Waals surface area contributed by atoms with Gasteiger partial charge in [-0.05, 0) is 26.0 Å². The molecule has 0 fully saturated rings. The fourth-order valence-corrected chi connectivity index (χ4v) is 1.60. The quantitative estimate of drug-likeness (QED) is 0.802. The van der Waals surface area contributed by atoms with Crippen molar-refractivity contribution in [2.24, 2.45) is 0 Å². The van der Waals surface area contributed by atoms with Crippen molar-refractivity contribution in [2.75, 3.05) is 16.4 Å². The van der Waals surface area contributed by atoms with Crippen molar-refractivity contribution in [1.82, 2.24) is 9.97 Å². The fourth-order valence-electron chi connectivity index (χ4n) is 1.60. The van der Waals surface area contributed by atoms with E-state index in [-0.39, 0.29) is 23.2 Å². The molecule has 2 aromatic rings. The van der Waals surface area contributed by atoms with Crippen LogP contribution in [0, 0.1) is 11.6 Å². The number of rotatable bonds is 4. The maximum absolute atomic E-state index is 13.6. The van der Waals surface area contributed by atoms with E-state index in [9.17, 15) is 8.78 Å². The molecule has 0 aliphatic carbocycles. The zero-order valence-corrected chi connectivity index (χ0v) is 11.1. The number of nitrogens with one attached hydrogen (secondary N) is 2. The summed E-state index contributed by atoms with van der Waals surface area (Å²) < 4.78 is 26.7. The Morgan fingerprint density at radius 2 is 1.85 bits per heavy atom. The summed E-state index contributed by atoms with van der Waals surface area (Å²) in [5, 5.41) is 5.71. The molecule has 0 unspecified atom stereocenters. The monoisotopic (exact) mass is 279 g/mol. The van der Waals surface area contributed by atoms with Crippen LogP contribution in [0.15, 0.2) is 24.5 Å². The minimum absolute atomic E-state index is 0.0362. The molecule has 0 saturated carbocycles. The van der Waals surface area contributed by atoms with Gasteiger partial charge in [-0.1, -0.05) is 0 Å². The SMILES string of the molecule is CC(C)Nc1ncnc(Nc2cc(F)ccc2F)c1N. The van der Waals surface area contributed by atoms with Crippen molar-refractivity contribution in [2.45, 2.75) is 19.9 Å². The zero-order valence-electron chi connectivity index (χ0n) is 11.1. The first kappa shape index (κ1) is 14.0. The van der Waals surface area contributed by atoms with E-state index >= 15 is 0 Å². The average molecular weight is 279 g/mol. The molecule has 0 aliphatic heterocycles. The van der Waals surface area contributed by atoms with Gasteiger partial charge in [0.25, 0.3) is 0 Å². The lowest BCUT2D eigenvalue weighted by atomic mass is 10.3. The predicted molar refractivity (Wildman–Crippen MR) is 74.8 cm³/mol. The van der Waals surface area contributed by atoms with Gasteiger partial charge in [0.1, 0.15) is 23.6 Å². The van der Waals surface area contributed by atoms with Crippen molar-refractivity contribution in [3.8, 4) is 0 Å². The maximum Gasteiger partial charge on any atom is 0.159 e. The Balaban J connectivity index is 2.32. The summed E-state index contributed by atoms with van der Waals surface area (Å²) in [6, 6.07) is 3.23. The second kappa shape index (κ2) is 5.68. The molecular formula is C13H15F2N5. The van der Waals surface area contributed by atoms with E-state index in [0.717, 1.165) is 18.2 Å². The molecule has 5 nitrogen and oxygen atoms in total. The smallest absolute Gasteiger partial charge is 0.159 e. The van der Waals surface area contributed by atoms with Gasteiger partial charge in [0.15, 0.2) is 11.6 Å². The average Bonchev–Trinajstić information content (AvgIpc) is 2.38. The second-order valence-electron chi connectivity index (χ2n) is 4.53. The van der Waals surface area contributed by atoms with Gasteiger partial charge in [0.05, 0.1) is 5.69 Å². The van der Waals surface area contributed by atoms with Gasteiger partial charge in [0, 0.05) is 12.1 Å². The standard InChI is InChI=1S/C13H15F2N5/c1-7(2)19-12-11(16)13(18-6-17-12)20-10-5-8(14)3-4-9(10)15/h3-7H,16H2,1-2H3,(H2,17,18,19,20). The van der Waals surface area contributed by atoms with Crippen molar-refractivity contribution in [1.29, 1.82) is 0 Å². The summed E-state index contributed by atoms with van der Waals surface area (Å²) in [6.45, 7) is 3.86. The molecule has 0 spiro atoms. The number of nitrogens with two attached hydrogens (primary N) is 1. The number of hydrogen-bond acceptors (Lipinski definition) is 5. The third-order valence-corrected chi connectivity index (χ3v) is 2.49. The summed E-state index contributed by atoms with van der Waals surface area (Å²) >= 11 is 0. The molecule has 0 radical (unpaired) electrons. The van der Waals surface area contributed by atoms with Crippen LogP contribution in [0.25, 0.3) is 0 Å². The molecule has 0 aliphatic rings. The number of benzene rings is 1. The van der Waals surface area contributed by atoms with Crippen LogP contribution in [0.4, 0.5) is 31.8 Å². The Hall–Kier alpha value is -2.44. The molecule has 106 valence electrons. The van der Waals surface area contributed by atoms with Crippen LogP contribution in [0.3, 0.4) is 0 Å². The normalized spacial score (nSPS) is 10.7. The van der Waals surface area contributed by atoms with Crippen LogP contribution >= 0.6 is 0 Å². The van der Waals surface area contributed by atoms with Crippen LogP contribution < -0.4 is 16.4 Å². The van der Waals surface area contributed by atoms with Crippen LogP contribution in [0.5, 0.6) is 0 Å². The minimum Gasteiger partial charge on any atom is -0.393 e. The number of aromatic nitrogens is 2. The molecular weight excluding hydrogens is 264 g/mol. The lowest BCUT2D eigenvalue weighted by Crippen LogP contribution is -2.14. The second-order valence-corrected chi connectivity index (χ2v) is 4.53. The largest absolute Gasteiger partial charge is 0.393 e. The van der Waals surface area contributed by atoms with Gasteiger partial charge in [-0.15, -0.1) is 0 Å². The third-order valence-electron chi connectivity index (χ3n) is 2.49. The van der Waals surface area contributed by atoms with E-state index in [0.29, 0.717) is 5.82 Å². The lowest BCUT2D eigenvalue weighted by molar-refractivity contribution is 0.603. The lowest BCUT2D eigenvalue weighted by Gasteiger charge is -2.14. The van der Waals surface area contributed by atoms with E-state index in [1.54, 1.807) is 0 Å². The van der Waals surface area contributed by atoms with E-state index in [2.05, 4.69) is 20.6 Å². The van der Waals surface area contributed by atoms with Gasteiger partial charge in [0.2, 0.25) is 0 Å². The highest BCUT2D eigenvalue weighted by molar-refractivity contribution is 5.77. The molecule has 2 rings (SSSR count). The topological polar surface area (TPSA) is 75.9 Å². The number of anilines is 4. The van der Waals surface area contributed by atoms with Gasteiger partial charge in [-0.2, -0.15) is 0 Å². The van der Waals surface area contributed by atoms with E-state index in [1.165, 1.54) is 6.33 Å². The van der Waals surface area contributed by atoms with Gasteiger partial charge in [-0.3, -0.25) is 0 Å². The zero-order chi connectivity index (χ0) is 14.7. The summed E-state index contributed by atoms with van der Waals surface area (Å²) in [4.78, 5) is 7.94. The van der Waals surface area contributed by atoms with Crippen LogP contribution in [-0.2, 0) is 0 Å². The maximum atomic E-state index is 13.6. The summed E-state index contributed by atoms with van der Waals surface area (Å²) in [7, 11) is 0. The van der Waals surface area contributed by atoms with Crippen LogP contribution in [0.1, 0.15) is 13.8 Å². The Morgan fingerprint density at radius 1 is 1.15 bits per heavy atom. The molecule has 1 aromatic heterocycles. The number of nitrogens with zero attached hydrogens (tertiary/aromatic N) is 2. The van der Waals surface area contributed by atoms with Gasteiger partial charge < -0.3 is 16.4 Å². The Morgan fingerprint density at radius 3 is 2.55 bits per heavy atom. The molecule has 7 heteroatoms. The number of hydrogen-bond donors (Lipinski definition) is 3. The van der Waals surface area contributed by atoms with Crippen molar-refractivity contribution >= 4 is 23.0 Å². The Kier molecular flexibility index (Phi) is 3.97. The highest BCUT2D eigenvalue weighted by atomic mass is 19.1. The van der Waals surface area contributed by atoms with Crippen molar-refractivity contribution < 1.29 is 8.78 Å². The van der Waals surface area contributed by atoms with E-state index < -0.39 is 11.6 Å². The van der Waals surface area contributed by atoms with Gasteiger partial charge >= 0.3 is 0 Å². The van der Waals surface area contributed by atoms with Gasteiger partial charge in [-0.25, -0.2) is 18.7 Å². The molecule has 0 saturated heterocycles. The summed E-state index contributed by atoms with van der Waals surface area (Å²) in [5.41, 5.74) is 6.11. The number of halogens is 2. The summed E-state index contributed by atoms with van der Waals surface area (Å²) in [6.07, 6.45) is 1.29. The number of nitrogen functional groups attached to an aromatic ring is 1. The molecule has 20 heavy (non-hydrogen) atoms. The first-order chi connectivity index (χ1) is 9.47. The first-order valence-corrected chi connectivity index (χ1v) is 6.06. The molecule has 0 atom stereocenters. The molecule has 0 bridgehead atoms. The van der Waals surface area contributed by atoms with Crippen LogP contribution in [0.2, 0.25) is 0 Å². The fraction of sp³-hybridized carbons (Fsp3) is 0.231. The molecule has 4 N–H and O–H groups in total. The highest BCUT2D eigenvalue weighted by Gasteiger charge is 2.11. The summed E-state index contributed by atoms with van der Waals surface area (Å²) in [5.74, 6) is -0.494. The minimum atomic E-state index is -0.595. The third kappa shape index (κ3) is 3.11. The van der Waals surface area contributed by atoms with E-state index in [4.69, 9.17) is 5.73 Å². The predicted octanol–water partition coefficient (Wildman–Crippen LogP) is 2.90. The molecule has 1 heterocycles.